The van der Waals surface area contributed by atoms with E-state index in [4.69, 9.17) is 5.84 Å². The smallest absolute Gasteiger partial charge is 0.294 e. The maximum absolute atomic E-state index is 12.2. The van der Waals surface area contributed by atoms with E-state index in [1.54, 1.807) is 0 Å². The van der Waals surface area contributed by atoms with Gasteiger partial charge in [0.1, 0.15) is 5.69 Å². The van der Waals surface area contributed by atoms with E-state index >= 15 is 0 Å². The molecule has 1 aromatic carbocycles. The zero-order chi connectivity index (χ0) is 14.8. The number of anilines is 1. The van der Waals surface area contributed by atoms with E-state index in [0.29, 0.717) is 6.54 Å². The van der Waals surface area contributed by atoms with Crippen molar-refractivity contribution in [3.8, 4) is 0 Å². The average molecular weight is 278 g/mol. The Kier molecular flexibility index (Phi) is 3.89. The number of benzene rings is 1. The fraction of sp³-hybridized carbons (Fsp3) is 0.462. The first-order valence-corrected chi connectivity index (χ1v) is 6.55. The van der Waals surface area contributed by atoms with Crippen molar-refractivity contribution < 1.29 is 9.72 Å². The van der Waals surface area contributed by atoms with Crippen LogP contribution in [0.1, 0.15) is 36.5 Å². The average Bonchev–Trinajstić information content (AvgIpc) is 3.24. The number of hydrogen-bond donors (Lipinski definition) is 3. The quantitative estimate of drug-likeness (QED) is 0.417. The maximum Gasteiger partial charge on any atom is 0.294 e. The number of nitrogen functional groups attached to an aromatic ring is 1. The lowest BCUT2D eigenvalue weighted by molar-refractivity contribution is -0.384. The van der Waals surface area contributed by atoms with Gasteiger partial charge in [0.25, 0.3) is 11.6 Å². The van der Waals surface area contributed by atoms with E-state index in [1.165, 1.54) is 18.2 Å². The molecule has 1 amide bonds. The van der Waals surface area contributed by atoms with Crippen molar-refractivity contribution in [1.29, 1.82) is 0 Å². The molecule has 1 aliphatic carbocycles. The van der Waals surface area contributed by atoms with Gasteiger partial charge in [-0.15, -0.1) is 0 Å². The van der Waals surface area contributed by atoms with Crippen molar-refractivity contribution in [2.75, 3.05) is 12.0 Å². The third kappa shape index (κ3) is 2.72. The topological polar surface area (TPSA) is 110 Å². The van der Waals surface area contributed by atoms with Gasteiger partial charge in [0, 0.05) is 12.6 Å². The summed E-state index contributed by atoms with van der Waals surface area (Å²) in [6.45, 7) is 2.69. The molecule has 0 bridgehead atoms. The van der Waals surface area contributed by atoms with Crippen molar-refractivity contribution in [1.82, 2.24) is 5.32 Å². The van der Waals surface area contributed by atoms with Crippen molar-refractivity contribution in [2.24, 2.45) is 11.3 Å². The van der Waals surface area contributed by atoms with Gasteiger partial charge in [0.15, 0.2) is 0 Å². The Balaban J connectivity index is 2.17. The Morgan fingerprint density at radius 2 is 2.20 bits per heavy atom. The normalized spacial score (nSPS) is 15.5. The van der Waals surface area contributed by atoms with Gasteiger partial charge in [0.2, 0.25) is 0 Å². The molecular weight excluding hydrogens is 260 g/mol. The molecule has 1 saturated carbocycles. The molecule has 0 radical (unpaired) electrons. The molecule has 0 unspecified atom stereocenters. The van der Waals surface area contributed by atoms with Gasteiger partial charge in [-0.05, 0) is 30.7 Å². The molecular formula is C13H18N4O3. The van der Waals surface area contributed by atoms with Gasteiger partial charge >= 0.3 is 0 Å². The van der Waals surface area contributed by atoms with Crippen LogP contribution in [0, 0.1) is 15.5 Å². The van der Waals surface area contributed by atoms with Gasteiger partial charge in [0.05, 0.1) is 10.5 Å². The van der Waals surface area contributed by atoms with Crippen LogP contribution in [0.25, 0.3) is 0 Å². The lowest BCUT2D eigenvalue weighted by Gasteiger charge is -2.14. The van der Waals surface area contributed by atoms with E-state index in [2.05, 4.69) is 17.7 Å². The minimum atomic E-state index is -0.569. The molecule has 108 valence electrons. The van der Waals surface area contributed by atoms with E-state index < -0.39 is 4.92 Å². The van der Waals surface area contributed by atoms with Gasteiger partial charge in [-0.1, -0.05) is 13.0 Å². The number of amides is 1. The molecule has 0 heterocycles. The SMILES string of the molecule is CCC1(CNC(=O)c2cccc([N+](=O)[O-])c2NN)CC1. The number of carbonyl (C=O) groups is 1. The number of hydrogen-bond acceptors (Lipinski definition) is 5. The standard InChI is InChI=1S/C13H18N4O3/c1-2-13(6-7-13)8-15-12(18)9-4-3-5-10(17(19)20)11(9)16-14/h3-5,16H,2,6-8,14H2,1H3,(H,15,18). The largest absolute Gasteiger partial charge is 0.351 e. The summed E-state index contributed by atoms with van der Waals surface area (Å²) in [5, 5.41) is 13.7. The van der Waals surface area contributed by atoms with Crippen molar-refractivity contribution in [3.05, 3.63) is 33.9 Å². The number of nitrogens with zero attached hydrogens (tertiary/aromatic N) is 1. The Labute approximate surface area is 116 Å². The van der Waals surface area contributed by atoms with Gasteiger partial charge < -0.3 is 10.7 Å². The number of para-hydroxylation sites is 1. The summed E-state index contributed by atoms with van der Waals surface area (Å²) in [5.74, 6) is 4.97. The number of carbonyl (C=O) groups excluding carboxylic acids is 1. The van der Waals surface area contributed by atoms with Gasteiger partial charge in [-0.3, -0.25) is 20.8 Å². The Hall–Kier alpha value is -2.15. The molecule has 0 saturated heterocycles. The predicted molar refractivity (Wildman–Crippen MR) is 75.2 cm³/mol. The molecule has 4 N–H and O–H groups in total. The van der Waals surface area contributed by atoms with Crippen LogP contribution < -0.4 is 16.6 Å². The second kappa shape index (κ2) is 5.46. The Morgan fingerprint density at radius 3 is 2.70 bits per heavy atom. The van der Waals surface area contributed by atoms with Crippen molar-refractivity contribution in [2.45, 2.75) is 26.2 Å². The highest BCUT2D eigenvalue weighted by Gasteiger charge is 2.40. The molecule has 0 spiro atoms. The molecule has 0 atom stereocenters. The van der Waals surface area contributed by atoms with Crippen LogP contribution in [0.2, 0.25) is 0 Å². The summed E-state index contributed by atoms with van der Waals surface area (Å²) < 4.78 is 0. The fourth-order valence-corrected chi connectivity index (χ4v) is 2.23. The molecule has 2 rings (SSSR count). The predicted octanol–water partition coefficient (Wildman–Crippen LogP) is 1.80. The number of nitrogens with one attached hydrogen (secondary N) is 2. The maximum atomic E-state index is 12.2. The van der Waals surface area contributed by atoms with Crippen LogP contribution >= 0.6 is 0 Å². The van der Waals surface area contributed by atoms with E-state index in [9.17, 15) is 14.9 Å². The molecule has 1 aromatic rings. The summed E-state index contributed by atoms with van der Waals surface area (Å²) >= 11 is 0. The Morgan fingerprint density at radius 1 is 1.50 bits per heavy atom. The van der Waals surface area contributed by atoms with Crippen LogP contribution in [0.5, 0.6) is 0 Å². The van der Waals surface area contributed by atoms with E-state index in [-0.39, 0.29) is 28.3 Å². The molecule has 1 fully saturated rings. The first-order chi connectivity index (χ1) is 9.53. The van der Waals surface area contributed by atoms with Crippen LogP contribution in [0.15, 0.2) is 18.2 Å². The minimum Gasteiger partial charge on any atom is -0.351 e. The monoisotopic (exact) mass is 278 g/mol. The third-order valence-electron chi connectivity index (χ3n) is 3.96. The second-order valence-corrected chi connectivity index (χ2v) is 5.14. The number of hydrazine groups is 1. The van der Waals surface area contributed by atoms with Gasteiger partial charge in [-0.2, -0.15) is 0 Å². The molecule has 20 heavy (non-hydrogen) atoms. The minimum absolute atomic E-state index is 0.0383. The lowest BCUT2D eigenvalue weighted by Crippen LogP contribution is -2.31. The van der Waals surface area contributed by atoms with Crippen molar-refractivity contribution in [3.63, 3.8) is 0 Å². The van der Waals surface area contributed by atoms with E-state index in [1.807, 2.05) is 0 Å². The summed E-state index contributed by atoms with van der Waals surface area (Å²) in [4.78, 5) is 22.5. The van der Waals surface area contributed by atoms with Crippen LogP contribution in [-0.2, 0) is 0 Å². The first kappa shape index (κ1) is 14.3. The number of nitro benzene ring substituents is 1. The van der Waals surface area contributed by atoms with Crippen LogP contribution in [0.3, 0.4) is 0 Å². The summed E-state index contributed by atoms with van der Waals surface area (Å²) in [6.07, 6.45) is 3.24. The highest BCUT2D eigenvalue weighted by Crippen LogP contribution is 2.47. The third-order valence-corrected chi connectivity index (χ3v) is 3.96. The zero-order valence-electron chi connectivity index (χ0n) is 11.3. The van der Waals surface area contributed by atoms with Crippen LogP contribution in [0.4, 0.5) is 11.4 Å². The second-order valence-electron chi connectivity index (χ2n) is 5.14. The molecule has 0 aliphatic heterocycles. The summed E-state index contributed by atoms with van der Waals surface area (Å²) in [5.41, 5.74) is 2.48. The Bertz CT molecular complexity index is 540. The highest BCUT2D eigenvalue weighted by molar-refractivity contribution is 6.01. The fourth-order valence-electron chi connectivity index (χ4n) is 2.23. The lowest BCUT2D eigenvalue weighted by atomic mass is 10.0. The molecule has 0 aromatic heterocycles. The number of nitrogens with two attached hydrogens (primary N) is 1. The zero-order valence-corrected chi connectivity index (χ0v) is 11.3. The molecule has 7 nitrogen and oxygen atoms in total. The number of rotatable bonds is 6. The van der Waals surface area contributed by atoms with E-state index in [0.717, 1.165) is 19.3 Å². The molecule has 7 heteroatoms. The highest BCUT2D eigenvalue weighted by atomic mass is 16.6. The molecule has 1 aliphatic rings. The summed E-state index contributed by atoms with van der Waals surface area (Å²) in [6, 6.07) is 4.30. The van der Waals surface area contributed by atoms with Crippen molar-refractivity contribution >= 4 is 17.3 Å². The van der Waals surface area contributed by atoms with Crippen LogP contribution in [-0.4, -0.2) is 17.4 Å². The number of nitro groups is 1. The van der Waals surface area contributed by atoms with Gasteiger partial charge in [-0.25, -0.2) is 0 Å². The first-order valence-electron chi connectivity index (χ1n) is 6.55. The summed E-state index contributed by atoms with van der Waals surface area (Å²) in [7, 11) is 0.